The molecule has 2 N–H and O–H groups in total. The first-order chi connectivity index (χ1) is 14.6. The second-order valence-electron chi connectivity index (χ2n) is 7.47. The number of rotatable bonds is 5. The Morgan fingerprint density at radius 2 is 2.17 bits per heavy atom. The molecule has 1 atom stereocenters. The van der Waals surface area contributed by atoms with Gasteiger partial charge in [0.05, 0.1) is 5.51 Å². The van der Waals surface area contributed by atoms with Crippen LogP contribution in [0.25, 0.3) is 5.65 Å². The Kier molecular flexibility index (Phi) is 4.89. The van der Waals surface area contributed by atoms with Crippen LogP contribution in [0.2, 0.25) is 0 Å². The van der Waals surface area contributed by atoms with Crippen LogP contribution in [0.1, 0.15) is 39.1 Å². The molecule has 0 radical (unpaired) electrons. The highest BCUT2D eigenvalue weighted by molar-refractivity contribution is 7.09. The number of hydrogen-bond donors (Lipinski definition) is 2. The van der Waals surface area contributed by atoms with Gasteiger partial charge in [-0.05, 0) is 25.5 Å². The monoisotopic (exact) mass is 422 g/mol. The quantitative estimate of drug-likeness (QED) is 0.470. The van der Waals surface area contributed by atoms with E-state index >= 15 is 0 Å². The Labute approximate surface area is 177 Å². The number of aryl methyl sites for hydroxylation is 1. The van der Waals surface area contributed by atoms with Crippen LogP contribution in [-0.2, 0) is 19.5 Å². The lowest BCUT2D eigenvalue weighted by Gasteiger charge is -2.31. The predicted octanol–water partition coefficient (Wildman–Crippen LogP) is 1.94. The van der Waals surface area contributed by atoms with Gasteiger partial charge in [-0.25, -0.2) is 0 Å². The summed E-state index contributed by atoms with van der Waals surface area (Å²) in [6.45, 7) is 6.22. The van der Waals surface area contributed by atoms with E-state index in [0.717, 1.165) is 57.3 Å². The van der Waals surface area contributed by atoms with Gasteiger partial charge in [0.15, 0.2) is 11.5 Å². The molecule has 0 saturated heterocycles. The van der Waals surface area contributed by atoms with Crippen molar-refractivity contribution in [2.45, 2.75) is 39.6 Å². The summed E-state index contributed by atoms with van der Waals surface area (Å²) < 4.78 is 1.73. The first-order valence-electron chi connectivity index (χ1n) is 9.79. The number of nitrogens with zero attached hydrogens (tertiary/aromatic N) is 7. The third kappa shape index (κ3) is 3.42. The van der Waals surface area contributed by atoms with Crippen molar-refractivity contribution >= 4 is 22.8 Å². The van der Waals surface area contributed by atoms with Crippen LogP contribution in [0, 0.1) is 13.8 Å². The van der Waals surface area contributed by atoms with Crippen molar-refractivity contribution in [2.75, 3.05) is 11.4 Å². The Balaban J connectivity index is 1.38. The van der Waals surface area contributed by atoms with Crippen LogP contribution in [0.4, 0.5) is 5.82 Å². The minimum atomic E-state index is -0.782. The van der Waals surface area contributed by atoms with Gasteiger partial charge in [-0.15, -0.1) is 26.6 Å². The number of thiazole rings is 1. The molecule has 10 heteroatoms. The van der Waals surface area contributed by atoms with Gasteiger partial charge in [0.25, 0.3) is 0 Å². The molecule has 0 amide bonds. The molecule has 4 aromatic rings. The third-order valence-corrected chi connectivity index (χ3v) is 6.38. The molecule has 0 saturated carbocycles. The number of aliphatic hydroxyl groups excluding tert-OH is 1. The largest absolute Gasteiger partial charge is 0.374 e. The summed E-state index contributed by atoms with van der Waals surface area (Å²) in [5.41, 5.74) is 7.70. The minimum Gasteiger partial charge on any atom is -0.374 e. The smallest absolute Gasteiger partial charge is 0.180 e. The highest BCUT2D eigenvalue weighted by atomic mass is 32.1. The molecule has 0 aromatic carbocycles. The number of aliphatic hydroxyl groups is 1. The summed E-state index contributed by atoms with van der Waals surface area (Å²) in [4.78, 5) is 12.0. The summed E-state index contributed by atoms with van der Waals surface area (Å²) in [6.07, 6.45) is 5.25. The average molecular weight is 423 g/mol. The Bertz CT molecular complexity index is 1190. The second-order valence-corrected chi connectivity index (χ2v) is 8.44. The molecule has 1 unspecified atom stereocenters. The van der Waals surface area contributed by atoms with E-state index in [-0.39, 0.29) is 0 Å². The van der Waals surface area contributed by atoms with Crippen LogP contribution in [0.3, 0.4) is 0 Å². The summed E-state index contributed by atoms with van der Waals surface area (Å²) in [5, 5.41) is 26.6. The van der Waals surface area contributed by atoms with E-state index in [1.54, 1.807) is 40.1 Å². The molecular formula is C20H22N8OS. The van der Waals surface area contributed by atoms with Gasteiger partial charge < -0.3 is 10.0 Å². The molecule has 0 spiro atoms. The molecule has 5 rings (SSSR count). The fourth-order valence-corrected chi connectivity index (χ4v) is 4.33. The van der Waals surface area contributed by atoms with Crippen molar-refractivity contribution < 1.29 is 5.11 Å². The molecule has 1 aliphatic heterocycles. The number of hydrogen-bond acceptors (Lipinski definition) is 9. The summed E-state index contributed by atoms with van der Waals surface area (Å²) in [6, 6.07) is 2.04. The van der Waals surface area contributed by atoms with Crippen LogP contribution >= 0.6 is 11.3 Å². The summed E-state index contributed by atoms with van der Waals surface area (Å²) in [5.74, 6) is 0.930. The lowest BCUT2D eigenvalue weighted by atomic mass is 10.0. The van der Waals surface area contributed by atoms with Crippen molar-refractivity contribution in [3.05, 3.63) is 63.1 Å². The van der Waals surface area contributed by atoms with Gasteiger partial charge in [-0.1, -0.05) is 0 Å². The molecule has 4 aromatic heterocycles. The van der Waals surface area contributed by atoms with E-state index in [4.69, 9.17) is 5.10 Å². The normalized spacial score (nSPS) is 14.8. The summed E-state index contributed by atoms with van der Waals surface area (Å²) in [7, 11) is 0. The van der Waals surface area contributed by atoms with Gasteiger partial charge in [0, 0.05) is 65.7 Å². The highest BCUT2D eigenvalue weighted by Gasteiger charge is 2.23. The second kappa shape index (κ2) is 7.71. The van der Waals surface area contributed by atoms with E-state index < -0.39 is 6.23 Å². The number of nitrogens with one attached hydrogen (secondary N) is 1. The fraction of sp³-hybridized carbons (Fsp3) is 0.350. The van der Waals surface area contributed by atoms with Crippen molar-refractivity contribution in [2.24, 2.45) is 0 Å². The van der Waals surface area contributed by atoms with E-state index in [1.165, 1.54) is 0 Å². The number of aromatic nitrogens is 6. The molecule has 1 aliphatic rings. The molecule has 9 nitrogen and oxygen atoms in total. The first kappa shape index (κ1) is 19.0. The van der Waals surface area contributed by atoms with E-state index in [9.17, 15) is 5.11 Å². The lowest BCUT2D eigenvalue weighted by Crippen LogP contribution is -2.33. The van der Waals surface area contributed by atoms with Crippen molar-refractivity contribution in [3.63, 3.8) is 0 Å². The van der Waals surface area contributed by atoms with Crippen LogP contribution < -0.4 is 10.2 Å². The van der Waals surface area contributed by atoms with Crippen molar-refractivity contribution in [1.82, 2.24) is 35.1 Å². The fourth-order valence-electron chi connectivity index (χ4n) is 3.78. The number of fused-ring (bicyclic) bond motifs is 2. The molecule has 0 aliphatic carbocycles. The SMILES string of the molecule is Cc1c(N2CCc3ncc(C(O)NCc4cncs4)cc3C2)nn2cnnc2c1C. The standard InChI is InChI=1S/C20H22N8OS/c1-12-13(2)19(26-28-10-24-25-18(12)28)27-4-3-17-15(9-27)5-14(6-22-17)20(29)23-8-16-7-21-11-30-16/h5-7,10-11,20,23,29H,3-4,8-9H2,1-2H3. The highest BCUT2D eigenvalue weighted by Crippen LogP contribution is 2.28. The zero-order valence-corrected chi connectivity index (χ0v) is 17.6. The van der Waals surface area contributed by atoms with Gasteiger partial charge in [-0.2, -0.15) is 4.52 Å². The van der Waals surface area contributed by atoms with Gasteiger partial charge in [-0.3, -0.25) is 15.3 Å². The van der Waals surface area contributed by atoms with Gasteiger partial charge in [0.2, 0.25) is 0 Å². The van der Waals surface area contributed by atoms with E-state index in [2.05, 4.69) is 37.3 Å². The maximum atomic E-state index is 10.6. The predicted molar refractivity (Wildman–Crippen MR) is 113 cm³/mol. The van der Waals surface area contributed by atoms with Crippen molar-refractivity contribution in [3.8, 4) is 0 Å². The lowest BCUT2D eigenvalue weighted by molar-refractivity contribution is 0.137. The van der Waals surface area contributed by atoms with E-state index in [1.807, 2.05) is 13.0 Å². The average Bonchev–Trinajstić information content (AvgIpc) is 3.45. The molecule has 0 fully saturated rings. The van der Waals surface area contributed by atoms with Crippen LogP contribution in [0.5, 0.6) is 0 Å². The Hall–Kier alpha value is -2.95. The van der Waals surface area contributed by atoms with Gasteiger partial charge in [0.1, 0.15) is 12.6 Å². The topological polar surface area (TPSA) is 104 Å². The van der Waals surface area contributed by atoms with E-state index in [0.29, 0.717) is 13.1 Å². The molecule has 5 heterocycles. The van der Waals surface area contributed by atoms with Crippen LogP contribution in [0.15, 0.2) is 30.3 Å². The molecule has 30 heavy (non-hydrogen) atoms. The summed E-state index contributed by atoms with van der Waals surface area (Å²) >= 11 is 1.56. The molecule has 154 valence electrons. The minimum absolute atomic E-state index is 0.566. The maximum absolute atomic E-state index is 10.6. The molecule has 0 bridgehead atoms. The van der Waals surface area contributed by atoms with Crippen molar-refractivity contribution in [1.29, 1.82) is 0 Å². The Morgan fingerprint density at radius 3 is 3.00 bits per heavy atom. The Morgan fingerprint density at radius 1 is 1.27 bits per heavy atom. The number of anilines is 1. The number of pyridine rings is 1. The van der Waals surface area contributed by atoms with Crippen LogP contribution in [-0.4, -0.2) is 41.4 Å². The van der Waals surface area contributed by atoms with Gasteiger partial charge >= 0.3 is 0 Å². The zero-order chi connectivity index (χ0) is 20.7. The first-order valence-corrected chi connectivity index (χ1v) is 10.7. The zero-order valence-electron chi connectivity index (χ0n) is 16.8. The third-order valence-electron chi connectivity index (χ3n) is 5.60. The molecular weight excluding hydrogens is 400 g/mol. The maximum Gasteiger partial charge on any atom is 0.180 e.